The fraction of sp³-hybridized carbons (Fsp3) is 0.143. The topological polar surface area (TPSA) is 60.2 Å². The fourth-order valence-electron chi connectivity index (χ4n) is 3.14. The molecule has 2 heterocycles. The number of anilines is 1. The van der Waals surface area contributed by atoms with Gasteiger partial charge in [0.05, 0.1) is 17.8 Å². The van der Waals surface area contributed by atoms with Crippen LogP contribution >= 0.6 is 22.9 Å². The number of nitrogens with zero attached hydrogens (tertiary/aromatic N) is 2. The van der Waals surface area contributed by atoms with E-state index < -0.39 is 0 Å². The number of halogens is 1. The van der Waals surface area contributed by atoms with Crippen LogP contribution in [0.15, 0.2) is 53.6 Å². The minimum absolute atomic E-state index is 0.157. The van der Waals surface area contributed by atoms with Gasteiger partial charge < -0.3 is 10.0 Å². The lowest BCUT2D eigenvalue weighted by atomic mass is 10.1. The van der Waals surface area contributed by atoms with Gasteiger partial charge in [0.2, 0.25) is 0 Å². The smallest absolute Gasteiger partial charge is 0.139 e. The second-order valence-corrected chi connectivity index (χ2v) is 7.81. The first kappa shape index (κ1) is 17.8. The minimum Gasteiger partial charge on any atom is -0.510 e. The zero-order valence-electron chi connectivity index (χ0n) is 15.0. The van der Waals surface area contributed by atoms with Crippen LogP contribution in [0.1, 0.15) is 16.1 Å². The Morgan fingerprint density at radius 3 is 2.63 bits per heavy atom. The third kappa shape index (κ3) is 3.13. The van der Waals surface area contributed by atoms with Crippen molar-refractivity contribution in [3.63, 3.8) is 0 Å². The van der Waals surface area contributed by atoms with Gasteiger partial charge in [0.1, 0.15) is 16.6 Å². The van der Waals surface area contributed by atoms with Gasteiger partial charge in [-0.3, -0.25) is 5.41 Å². The van der Waals surface area contributed by atoms with E-state index in [0.717, 1.165) is 22.5 Å². The molecule has 0 aliphatic carbocycles. The van der Waals surface area contributed by atoms with E-state index in [1.54, 1.807) is 4.90 Å². The molecule has 0 atom stereocenters. The highest BCUT2D eigenvalue weighted by Gasteiger charge is 2.32. The standard InChI is InChI=1S/C21H18ClN3OS/c1-12-6-8-14(9-7-12)16-11-27-21(24-16)19-18(26)10-25(20(19)23)17-5-3-4-15(22)13(17)2/h3-9,11,23,26H,10H2,1-2H3. The average molecular weight is 396 g/mol. The number of hydrogen-bond donors (Lipinski definition) is 2. The molecule has 0 radical (unpaired) electrons. The summed E-state index contributed by atoms with van der Waals surface area (Å²) in [5.41, 5.74) is 5.26. The maximum atomic E-state index is 10.6. The van der Waals surface area contributed by atoms with Crippen molar-refractivity contribution in [2.24, 2.45) is 0 Å². The van der Waals surface area contributed by atoms with E-state index >= 15 is 0 Å². The van der Waals surface area contributed by atoms with Crippen molar-refractivity contribution < 1.29 is 5.11 Å². The van der Waals surface area contributed by atoms with Crippen molar-refractivity contribution >= 4 is 40.0 Å². The van der Waals surface area contributed by atoms with Crippen LogP contribution in [0.4, 0.5) is 5.69 Å². The largest absolute Gasteiger partial charge is 0.510 e. The summed E-state index contributed by atoms with van der Waals surface area (Å²) in [6.45, 7) is 4.21. The maximum absolute atomic E-state index is 10.6. The number of aryl methyl sites for hydroxylation is 1. The maximum Gasteiger partial charge on any atom is 0.139 e. The molecule has 0 amide bonds. The molecule has 1 aromatic heterocycles. The van der Waals surface area contributed by atoms with E-state index in [2.05, 4.69) is 4.98 Å². The number of hydrogen-bond acceptors (Lipinski definition) is 4. The molecule has 0 saturated carbocycles. The Balaban J connectivity index is 1.67. The Bertz CT molecular complexity index is 1070. The van der Waals surface area contributed by atoms with Gasteiger partial charge in [-0.1, -0.05) is 47.5 Å². The molecule has 136 valence electrons. The quantitative estimate of drug-likeness (QED) is 0.585. The molecule has 0 unspecified atom stereocenters. The van der Waals surface area contributed by atoms with E-state index in [1.807, 2.05) is 61.7 Å². The number of benzene rings is 2. The molecule has 3 aromatic rings. The van der Waals surface area contributed by atoms with Crippen LogP contribution in [0.5, 0.6) is 0 Å². The number of aliphatic hydroxyl groups is 1. The van der Waals surface area contributed by atoms with Gasteiger partial charge in [-0.15, -0.1) is 11.3 Å². The van der Waals surface area contributed by atoms with E-state index in [4.69, 9.17) is 17.0 Å². The Hall–Kier alpha value is -2.63. The fourth-order valence-corrected chi connectivity index (χ4v) is 4.21. The number of thiazole rings is 1. The third-order valence-electron chi connectivity index (χ3n) is 4.70. The molecule has 6 heteroatoms. The van der Waals surface area contributed by atoms with Crippen molar-refractivity contribution in [1.82, 2.24) is 4.98 Å². The summed E-state index contributed by atoms with van der Waals surface area (Å²) in [5.74, 6) is 0.395. The number of aromatic nitrogens is 1. The second-order valence-electron chi connectivity index (χ2n) is 6.54. The van der Waals surface area contributed by atoms with Crippen molar-refractivity contribution in [2.75, 3.05) is 11.4 Å². The highest BCUT2D eigenvalue weighted by atomic mass is 35.5. The molecular weight excluding hydrogens is 378 g/mol. The van der Waals surface area contributed by atoms with Crippen molar-refractivity contribution in [1.29, 1.82) is 5.41 Å². The Kier molecular flexibility index (Phi) is 4.50. The molecule has 4 nitrogen and oxygen atoms in total. The lowest BCUT2D eigenvalue weighted by Gasteiger charge is -2.21. The SMILES string of the molecule is Cc1ccc(-c2csc(C3=C(O)CN(c4cccc(Cl)c4C)C3=N)n2)cc1. The Morgan fingerprint density at radius 1 is 1.15 bits per heavy atom. The summed E-state index contributed by atoms with van der Waals surface area (Å²) < 4.78 is 0. The van der Waals surface area contributed by atoms with Crippen molar-refractivity contribution in [3.8, 4) is 11.3 Å². The first-order valence-electron chi connectivity index (χ1n) is 8.52. The first-order valence-corrected chi connectivity index (χ1v) is 9.78. The van der Waals surface area contributed by atoms with Crippen LogP contribution in [0.2, 0.25) is 5.02 Å². The monoisotopic (exact) mass is 395 g/mol. The molecule has 1 aliphatic heterocycles. The van der Waals surface area contributed by atoms with Crippen LogP contribution in [-0.4, -0.2) is 22.5 Å². The molecule has 0 spiro atoms. The number of nitrogens with one attached hydrogen (secondary N) is 1. The Labute approximate surface area is 166 Å². The lowest BCUT2D eigenvalue weighted by Crippen LogP contribution is -2.26. The highest BCUT2D eigenvalue weighted by molar-refractivity contribution is 7.11. The molecule has 27 heavy (non-hydrogen) atoms. The number of aliphatic hydroxyl groups excluding tert-OH is 1. The van der Waals surface area contributed by atoms with Gasteiger partial charge in [-0.2, -0.15) is 0 Å². The van der Waals surface area contributed by atoms with E-state index in [0.29, 0.717) is 15.6 Å². The normalized spacial score (nSPS) is 14.3. The van der Waals surface area contributed by atoms with Gasteiger partial charge >= 0.3 is 0 Å². The van der Waals surface area contributed by atoms with Gasteiger partial charge in [-0.05, 0) is 31.5 Å². The zero-order valence-corrected chi connectivity index (χ0v) is 16.5. The van der Waals surface area contributed by atoms with E-state index in [9.17, 15) is 5.11 Å². The molecule has 4 rings (SSSR count). The summed E-state index contributed by atoms with van der Waals surface area (Å²) >= 11 is 7.66. The zero-order chi connectivity index (χ0) is 19.1. The first-order chi connectivity index (χ1) is 13.0. The number of rotatable bonds is 3. The van der Waals surface area contributed by atoms with Gasteiger partial charge in [0, 0.05) is 21.7 Å². The van der Waals surface area contributed by atoms with E-state index in [-0.39, 0.29) is 18.1 Å². The van der Waals surface area contributed by atoms with Crippen LogP contribution < -0.4 is 4.90 Å². The number of amidine groups is 1. The average Bonchev–Trinajstić information content (AvgIpc) is 3.23. The summed E-state index contributed by atoms with van der Waals surface area (Å²) in [7, 11) is 0. The summed E-state index contributed by atoms with van der Waals surface area (Å²) in [4.78, 5) is 6.43. The summed E-state index contributed by atoms with van der Waals surface area (Å²) in [6, 6.07) is 13.7. The molecular formula is C21H18ClN3OS. The van der Waals surface area contributed by atoms with Gasteiger partial charge in [0.25, 0.3) is 0 Å². The molecule has 0 bridgehead atoms. The summed E-state index contributed by atoms with van der Waals surface area (Å²) in [6.07, 6.45) is 0. The molecule has 2 N–H and O–H groups in total. The predicted octanol–water partition coefficient (Wildman–Crippen LogP) is 5.85. The third-order valence-corrected chi connectivity index (χ3v) is 5.97. The van der Waals surface area contributed by atoms with E-state index in [1.165, 1.54) is 16.9 Å². The molecule has 1 aliphatic rings. The summed E-state index contributed by atoms with van der Waals surface area (Å²) in [5, 5.41) is 22.4. The second kappa shape index (κ2) is 6.83. The van der Waals surface area contributed by atoms with Crippen LogP contribution in [0.25, 0.3) is 16.8 Å². The molecule has 2 aromatic carbocycles. The van der Waals surface area contributed by atoms with Crippen molar-refractivity contribution in [2.45, 2.75) is 13.8 Å². The van der Waals surface area contributed by atoms with Crippen LogP contribution in [0, 0.1) is 19.3 Å². The van der Waals surface area contributed by atoms with Gasteiger partial charge in [0.15, 0.2) is 0 Å². The Morgan fingerprint density at radius 2 is 1.89 bits per heavy atom. The lowest BCUT2D eigenvalue weighted by molar-refractivity contribution is 0.411. The molecule has 0 fully saturated rings. The minimum atomic E-state index is 0.157. The van der Waals surface area contributed by atoms with Crippen LogP contribution in [0.3, 0.4) is 0 Å². The molecule has 0 saturated heterocycles. The highest BCUT2D eigenvalue weighted by Crippen LogP contribution is 2.36. The predicted molar refractivity (Wildman–Crippen MR) is 113 cm³/mol. The van der Waals surface area contributed by atoms with Crippen LogP contribution in [-0.2, 0) is 0 Å². The van der Waals surface area contributed by atoms with Crippen molar-refractivity contribution in [3.05, 3.63) is 74.8 Å². The van der Waals surface area contributed by atoms with Gasteiger partial charge in [-0.25, -0.2) is 4.98 Å².